The van der Waals surface area contributed by atoms with Gasteiger partial charge in [-0.25, -0.2) is 8.42 Å². The smallest absolute Gasteiger partial charge is 0.261 e. The van der Waals surface area contributed by atoms with Crippen LogP contribution in [0.2, 0.25) is 0 Å². The average molecular weight is 582 g/mol. The molecule has 0 unspecified atom stereocenters. The quantitative estimate of drug-likeness (QED) is 0.370. The molecule has 2 N–H and O–H groups in total. The maximum atomic E-state index is 13.7. The lowest BCUT2D eigenvalue weighted by Gasteiger charge is -2.38. The molecule has 3 aromatic rings. The van der Waals surface area contributed by atoms with Crippen molar-refractivity contribution in [1.29, 1.82) is 0 Å². The number of hydrogen-bond acceptors (Lipinski definition) is 7. The molecule has 0 saturated heterocycles. The Morgan fingerprint density at radius 1 is 1.12 bits per heavy atom. The van der Waals surface area contributed by atoms with Gasteiger partial charge in [0, 0.05) is 31.2 Å². The van der Waals surface area contributed by atoms with Crippen LogP contribution in [0.25, 0.3) is 0 Å². The number of amides is 1. The first-order valence-electron chi connectivity index (χ1n) is 13.6. The van der Waals surface area contributed by atoms with Crippen LogP contribution in [0.15, 0.2) is 71.6 Å². The maximum Gasteiger partial charge on any atom is 0.261 e. The van der Waals surface area contributed by atoms with Crippen molar-refractivity contribution < 1.29 is 27.8 Å². The first kappa shape index (κ1) is 30.4. The number of benzene rings is 3. The number of nitrogens with zero attached hydrogens (tertiary/aromatic N) is 2. The number of ether oxygens (including phenoxy) is 2. The molecule has 220 valence electrons. The van der Waals surface area contributed by atoms with Crippen molar-refractivity contribution in [2.24, 2.45) is 5.92 Å². The Morgan fingerprint density at radius 3 is 2.44 bits per heavy atom. The number of sulfonamides is 1. The molecule has 4 rings (SSSR count). The van der Waals surface area contributed by atoms with Crippen LogP contribution in [-0.2, 0) is 16.6 Å². The number of carbonyl (C=O) groups excluding carboxylic acids is 1. The number of aryl methyl sites for hydroxylation is 1. The van der Waals surface area contributed by atoms with E-state index in [4.69, 9.17) is 9.47 Å². The van der Waals surface area contributed by atoms with Crippen molar-refractivity contribution >= 4 is 21.6 Å². The van der Waals surface area contributed by atoms with Crippen LogP contribution < -0.4 is 14.2 Å². The summed E-state index contributed by atoms with van der Waals surface area (Å²) < 4.78 is 40.3. The fraction of sp³-hybridized carbons (Fsp3) is 0.387. The highest BCUT2D eigenvalue weighted by atomic mass is 32.2. The number of hydrogen-bond donors (Lipinski definition) is 2. The summed E-state index contributed by atoms with van der Waals surface area (Å²) in [6, 6.07) is 18.8. The minimum Gasteiger partial charge on any atom is -0.497 e. The molecular formula is C31H39N3O6S. The van der Waals surface area contributed by atoms with E-state index in [9.17, 15) is 18.3 Å². The molecule has 0 aromatic heterocycles. The van der Waals surface area contributed by atoms with Gasteiger partial charge in [0.25, 0.3) is 15.9 Å². The van der Waals surface area contributed by atoms with E-state index in [1.54, 1.807) is 55.3 Å². The second-order valence-electron chi connectivity index (χ2n) is 10.8. The Balaban J connectivity index is 1.61. The van der Waals surface area contributed by atoms with Gasteiger partial charge in [-0.05, 0) is 68.9 Å². The third kappa shape index (κ3) is 7.38. The van der Waals surface area contributed by atoms with Crippen molar-refractivity contribution in [1.82, 2.24) is 9.80 Å². The van der Waals surface area contributed by atoms with Crippen LogP contribution in [0.3, 0.4) is 0 Å². The molecule has 9 nitrogen and oxygen atoms in total. The van der Waals surface area contributed by atoms with Crippen LogP contribution >= 0.6 is 0 Å². The maximum absolute atomic E-state index is 13.7. The lowest BCUT2D eigenvalue weighted by molar-refractivity contribution is 0.0341. The summed E-state index contributed by atoms with van der Waals surface area (Å²) >= 11 is 0. The number of anilines is 1. The monoisotopic (exact) mass is 581 g/mol. The highest BCUT2D eigenvalue weighted by Gasteiger charge is 2.33. The molecular weight excluding hydrogens is 542 g/mol. The zero-order chi connectivity index (χ0) is 29.7. The zero-order valence-electron chi connectivity index (χ0n) is 24.2. The van der Waals surface area contributed by atoms with Gasteiger partial charge in [0.1, 0.15) is 17.6 Å². The number of likely N-dealkylation sites (N-methyl/N-ethyl adjacent to an activating group) is 1. The molecule has 10 heteroatoms. The van der Waals surface area contributed by atoms with Crippen molar-refractivity contribution in [3.63, 3.8) is 0 Å². The molecule has 0 fully saturated rings. The summed E-state index contributed by atoms with van der Waals surface area (Å²) in [5, 5.41) is 9.93. The van der Waals surface area contributed by atoms with Crippen LogP contribution in [0.5, 0.6) is 11.5 Å². The predicted molar refractivity (Wildman–Crippen MR) is 159 cm³/mol. The predicted octanol–water partition coefficient (Wildman–Crippen LogP) is 4.16. The van der Waals surface area contributed by atoms with Gasteiger partial charge in [-0.2, -0.15) is 0 Å². The normalized spacial score (nSPS) is 18.2. The summed E-state index contributed by atoms with van der Waals surface area (Å²) in [6.07, 6.45) is -0.270. The van der Waals surface area contributed by atoms with Crippen LogP contribution in [-0.4, -0.2) is 75.2 Å². The van der Waals surface area contributed by atoms with Crippen LogP contribution in [0.4, 0.5) is 5.69 Å². The fourth-order valence-electron chi connectivity index (χ4n) is 4.85. The molecule has 0 radical (unpaired) electrons. The van der Waals surface area contributed by atoms with E-state index in [0.29, 0.717) is 25.4 Å². The van der Waals surface area contributed by atoms with E-state index >= 15 is 0 Å². The first-order chi connectivity index (χ1) is 19.5. The number of carbonyl (C=O) groups is 1. The third-order valence-corrected chi connectivity index (χ3v) is 8.75. The van der Waals surface area contributed by atoms with E-state index in [-0.39, 0.29) is 40.7 Å². The van der Waals surface area contributed by atoms with E-state index in [1.807, 2.05) is 45.2 Å². The largest absolute Gasteiger partial charge is 0.497 e. The average Bonchev–Trinajstić information content (AvgIpc) is 2.95. The van der Waals surface area contributed by atoms with Crippen molar-refractivity contribution in [2.75, 3.05) is 38.6 Å². The molecule has 3 atom stereocenters. The SMILES string of the molecule is COc1ccc(CN(C)C[C@H]2Oc3ccc(NS(=O)(=O)c4ccc(C)cc4)cc3C(=O)N([C@@H](C)CO)C[C@@H]2C)cc1. The molecule has 3 aromatic carbocycles. The van der Waals surface area contributed by atoms with Gasteiger partial charge < -0.3 is 19.5 Å². The topological polar surface area (TPSA) is 108 Å². The zero-order valence-corrected chi connectivity index (χ0v) is 25.0. The van der Waals surface area contributed by atoms with Crippen molar-refractivity contribution in [2.45, 2.75) is 44.4 Å². The molecule has 0 bridgehead atoms. The molecule has 0 aliphatic carbocycles. The summed E-state index contributed by atoms with van der Waals surface area (Å²) in [7, 11) is -0.210. The van der Waals surface area contributed by atoms with Crippen LogP contribution in [0, 0.1) is 12.8 Å². The highest BCUT2D eigenvalue weighted by molar-refractivity contribution is 7.92. The summed E-state index contributed by atoms with van der Waals surface area (Å²) in [5.41, 5.74) is 2.57. The van der Waals surface area contributed by atoms with Gasteiger partial charge in [0.2, 0.25) is 0 Å². The summed E-state index contributed by atoms with van der Waals surface area (Å²) in [6.45, 7) is 7.17. The molecule has 41 heavy (non-hydrogen) atoms. The van der Waals surface area contributed by atoms with E-state index < -0.39 is 16.1 Å². The van der Waals surface area contributed by atoms with E-state index in [2.05, 4.69) is 9.62 Å². The Kier molecular flexibility index (Phi) is 9.57. The highest BCUT2D eigenvalue weighted by Crippen LogP contribution is 2.31. The lowest BCUT2D eigenvalue weighted by atomic mass is 9.99. The second kappa shape index (κ2) is 12.9. The van der Waals surface area contributed by atoms with E-state index in [0.717, 1.165) is 16.9 Å². The Morgan fingerprint density at radius 2 is 1.80 bits per heavy atom. The number of aliphatic hydroxyl groups is 1. The van der Waals surface area contributed by atoms with E-state index in [1.165, 1.54) is 6.07 Å². The molecule has 1 aliphatic rings. The van der Waals surface area contributed by atoms with Crippen LogP contribution in [0.1, 0.15) is 35.3 Å². The number of fused-ring (bicyclic) bond motifs is 1. The number of aliphatic hydroxyl groups excluding tert-OH is 1. The summed E-state index contributed by atoms with van der Waals surface area (Å²) in [4.78, 5) is 17.6. The molecule has 1 heterocycles. The Labute approximate surface area is 242 Å². The lowest BCUT2D eigenvalue weighted by Crippen LogP contribution is -2.49. The minimum atomic E-state index is -3.86. The first-order valence-corrected chi connectivity index (χ1v) is 15.1. The van der Waals surface area contributed by atoms with Gasteiger partial charge in [-0.3, -0.25) is 14.4 Å². The number of nitrogens with one attached hydrogen (secondary N) is 1. The molecule has 1 aliphatic heterocycles. The second-order valence-corrected chi connectivity index (χ2v) is 12.5. The Hall–Kier alpha value is -3.60. The third-order valence-electron chi connectivity index (χ3n) is 7.35. The van der Waals surface area contributed by atoms with Crippen molar-refractivity contribution in [3.8, 4) is 11.5 Å². The van der Waals surface area contributed by atoms with Gasteiger partial charge in [0.15, 0.2) is 0 Å². The minimum absolute atomic E-state index is 0.0425. The molecule has 0 saturated carbocycles. The molecule has 0 spiro atoms. The van der Waals surface area contributed by atoms with Gasteiger partial charge in [-0.15, -0.1) is 0 Å². The Bertz CT molecular complexity index is 1440. The molecule has 1 amide bonds. The fourth-order valence-corrected chi connectivity index (χ4v) is 5.90. The number of rotatable bonds is 10. The standard InChI is InChI=1S/C31H39N3O6S/c1-21-6-13-27(14-7-21)41(37,38)32-25-10-15-29-28(16-25)31(36)34(23(3)20-35)17-22(2)30(40-29)19-33(4)18-24-8-11-26(39-5)12-9-24/h6-16,22-23,30,32,35H,17-20H2,1-5H3/t22-,23-,30+/m0/s1. The summed E-state index contributed by atoms with van der Waals surface area (Å²) in [5.74, 6) is 0.806. The van der Waals surface area contributed by atoms with Crippen molar-refractivity contribution in [3.05, 3.63) is 83.4 Å². The van der Waals surface area contributed by atoms with Gasteiger partial charge >= 0.3 is 0 Å². The van der Waals surface area contributed by atoms with Gasteiger partial charge in [-0.1, -0.05) is 36.8 Å². The number of methoxy groups -OCH3 is 1. The van der Waals surface area contributed by atoms with Gasteiger partial charge in [0.05, 0.1) is 30.2 Å².